The molecule has 3 atom stereocenters. The molecule has 0 amide bonds. The molecule has 0 spiro atoms. The van der Waals surface area contributed by atoms with E-state index in [1.54, 1.807) is 6.92 Å². The maximum atomic E-state index is 13.3. The third kappa shape index (κ3) is 14.4. The van der Waals surface area contributed by atoms with Crippen LogP contribution in [0.15, 0.2) is 72.9 Å². The lowest BCUT2D eigenvalue weighted by Gasteiger charge is -2.42. The summed E-state index contributed by atoms with van der Waals surface area (Å²) in [5, 5.41) is 0. The molecule has 0 fully saturated rings. The number of ketones is 2. The predicted octanol–water partition coefficient (Wildman–Crippen LogP) is 10.6. The molecular formula is C37H60O3. The van der Waals surface area contributed by atoms with Gasteiger partial charge in [0.15, 0.2) is 11.6 Å². The lowest BCUT2D eigenvalue weighted by atomic mass is 9.63. The molecule has 3 unspecified atom stereocenters. The number of ether oxygens (including phenoxy) is 1. The van der Waals surface area contributed by atoms with Crippen LogP contribution in [-0.2, 0) is 14.3 Å². The minimum Gasteiger partial charge on any atom is -0.357 e. The van der Waals surface area contributed by atoms with Gasteiger partial charge in [-0.2, -0.15) is 0 Å². The Balaban J connectivity index is 4.41. The highest BCUT2D eigenvalue weighted by atomic mass is 16.5. The summed E-state index contributed by atoms with van der Waals surface area (Å²) in [6.45, 7) is 18.1. The van der Waals surface area contributed by atoms with E-state index in [2.05, 4.69) is 101 Å². The van der Waals surface area contributed by atoms with Gasteiger partial charge in [-0.25, -0.2) is 0 Å². The standard InChI is InChI=1S/C37H60O3/c1-10-13-14-15-16-17-18-19-20-21-22-23-24-25-26-27-28-29-30-31-33(38)37(9,12-3)40-32(4)34(39)36(8,11-2)35(5,6)7/h13-14,16-17,19-20,22-23,25-26,28-29,32H,10-12,15,18,21,24,27,30-31H2,1-9H3/b14-13-,17-16-,20-19-,23-22-,26-25-,29-28-. The molecule has 0 aliphatic rings. The highest BCUT2D eigenvalue weighted by Crippen LogP contribution is 2.43. The van der Waals surface area contributed by atoms with E-state index in [9.17, 15) is 9.59 Å². The van der Waals surface area contributed by atoms with Gasteiger partial charge in [-0.1, -0.05) is 121 Å². The number of carbonyl (C=O) groups excluding carboxylic acids is 2. The van der Waals surface area contributed by atoms with E-state index in [0.717, 1.165) is 44.9 Å². The van der Waals surface area contributed by atoms with Crippen LogP contribution < -0.4 is 0 Å². The van der Waals surface area contributed by atoms with Gasteiger partial charge in [-0.05, 0) is 77.0 Å². The summed E-state index contributed by atoms with van der Waals surface area (Å²) in [7, 11) is 0. The Bertz CT molecular complexity index is 893. The molecule has 0 N–H and O–H groups in total. The van der Waals surface area contributed by atoms with Gasteiger partial charge in [-0.15, -0.1) is 0 Å². The number of rotatable bonds is 21. The molecule has 226 valence electrons. The van der Waals surface area contributed by atoms with E-state index < -0.39 is 17.1 Å². The van der Waals surface area contributed by atoms with E-state index in [0.29, 0.717) is 19.3 Å². The average Bonchev–Trinajstić information content (AvgIpc) is 2.92. The van der Waals surface area contributed by atoms with Crippen molar-refractivity contribution >= 4 is 11.6 Å². The lowest BCUT2D eigenvalue weighted by Crippen LogP contribution is -2.49. The molecule has 0 aliphatic carbocycles. The molecule has 0 saturated carbocycles. The number of Topliss-reactive ketones (excluding diaryl/α,β-unsaturated/α-hetero) is 2. The quantitative estimate of drug-likeness (QED) is 0.133. The Morgan fingerprint density at radius 2 is 1.02 bits per heavy atom. The van der Waals surface area contributed by atoms with E-state index in [1.165, 1.54) is 0 Å². The molecule has 0 radical (unpaired) electrons. The number of carbonyl (C=O) groups is 2. The molecule has 0 heterocycles. The first-order valence-electron chi connectivity index (χ1n) is 15.5. The molecule has 0 saturated heterocycles. The topological polar surface area (TPSA) is 43.4 Å². The summed E-state index contributed by atoms with van der Waals surface area (Å²) in [4.78, 5) is 26.4. The third-order valence-electron chi connectivity index (χ3n) is 8.11. The van der Waals surface area contributed by atoms with Crippen molar-refractivity contribution < 1.29 is 14.3 Å². The third-order valence-corrected chi connectivity index (χ3v) is 8.11. The molecule has 0 rings (SSSR count). The van der Waals surface area contributed by atoms with Crippen LogP contribution in [0.25, 0.3) is 0 Å². The summed E-state index contributed by atoms with van der Waals surface area (Å²) in [5.74, 6) is 0.134. The zero-order valence-corrected chi connectivity index (χ0v) is 27.3. The Labute approximate surface area is 247 Å². The van der Waals surface area contributed by atoms with Crippen LogP contribution in [0.2, 0.25) is 0 Å². The van der Waals surface area contributed by atoms with Gasteiger partial charge >= 0.3 is 0 Å². The second kappa shape index (κ2) is 20.6. The number of hydrogen-bond donors (Lipinski definition) is 0. The van der Waals surface area contributed by atoms with Crippen LogP contribution in [0.5, 0.6) is 0 Å². The fourth-order valence-electron chi connectivity index (χ4n) is 4.43. The first kappa shape index (κ1) is 37.7. The summed E-state index contributed by atoms with van der Waals surface area (Å²) < 4.78 is 6.19. The van der Waals surface area contributed by atoms with Crippen molar-refractivity contribution in [3.8, 4) is 0 Å². The van der Waals surface area contributed by atoms with Gasteiger partial charge in [0, 0.05) is 11.8 Å². The average molecular weight is 553 g/mol. The minimum absolute atomic E-state index is 0.0585. The van der Waals surface area contributed by atoms with Gasteiger partial charge < -0.3 is 4.74 Å². The van der Waals surface area contributed by atoms with Crippen LogP contribution in [0, 0.1) is 10.8 Å². The second-order valence-corrected chi connectivity index (χ2v) is 12.0. The Morgan fingerprint density at radius 3 is 1.38 bits per heavy atom. The van der Waals surface area contributed by atoms with Crippen molar-refractivity contribution in [2.24, 2.45) is 10.8 Å². The van der Waals surface area contributed by atoms with Crippen molar-refractivity contribution in [2.45, 2.75) is 138 Å². The summed E-state index contributed by atoms with van der Waals surface area (Å²) in [6, 6.07) is 0. The van der Waals surface area contributed by atoms with Crippen molar-refractivity contribution in [1.82, 2.24) is 0 Å². The van der Waals surface area contributed by atoms with Gasteiger partial charge in [-0.3, -0.25) is 9.59 Å². The molecular weight excluding hydrogens is 492 g/mol. The SMILES string of the molecule is CC/C=C\C/C=C\C/C=C\C/C=C\C/C=C\C/C=C\CCC(=O)C(C)(CC)OC(C)C(=O)C(C)(CC)C(C)(C)C. The van der Waals surface area contributed by atoms with E-state index in [-0.39, 0.29) is 17.0 Å². The summed E-state index contributed by atoms with van der Waals surface area (Å²) in [5.41, 5.74) is -1.63. The fraction of sp³-hybridized carbons (Fsp3) is 0.622. The van der Waals surface area contributed by atoms with Crippen LogP contribution in [0.3, 0.4) is 0 Å². The highest BCUT2D eigenvalue weighted by molar-refractivity contribution is 5.91. The molecule has 3 heteroatoms. The number of hydrogen-bond acceptors (Lipinski definition) is 3. The van der Waals surface area contributed by atoms with E-state index >= 15 is 0 Å². The van der Waals surface area contributed by atoms with Gasteiger partial charge in [0.1, 0.15) is 11.7 Å². The second-order valence-electron chi connectivity index (χ2n) is 12.0. The Hall–Kier alpha value is -2.26. The first-order valence-corrected chi connectivity index (χ1v) is 15.5. The van der Waals surface area contributed by atoms with Crippen LogP contribution in [-0.4, -0.2) is 23.3 Å². The van der Waals surface area contributed by atoms with Gasteiger partial charge in [0.25, 0.3) is 0 Å². The fourth-order valence-corrected chi connectivity index (χ4v) is 4.43. The maximum absolute atomic E-state index is 13.3. The van der Waals surface area contributed by atoms with Crippen molar-refractivity contribution in [3.63, 3.8) is 0 Å². The smallest absolute Gasteiger partial charge is 0.167 e. The van der Waals surface area contributed by atoms with Crippen molar-refractivity contribution in [3.05, 3.63) is 72.9 Å². The van der Waals surface area contributed by atoms with Crippen molar-refractivity contribution in [1.29, 1.82) is 0 Å². The molecule has 0 aromatic carbocycles. The Kier molecular flexibility index (Phi) is 19.4. The first-order chi connectivity index (χ1) is 18.9. The summed E-state index contributed by atoms with van der Waals surface area (Å²) >= 11 is 0. The Morgan fingerprint density at radius 1 is 0.625 bits per heavy atom. The normalized spacial score (nSPS) is 17.1. The molecule has 0 bridgehead atoms. The molecule has 3 nitrogen and oxygen atoms in total. The molecule has 0 aromatic heterocycles. The molecule has 0 aliphatic heterocycles. The zero-order valence-electron chi connectivity index (χ0n) is 27.3. The lowest BCUT2D eigenvalue weighted by molar-refractivity contribution is -0.164. The maximum Gasteiger partial charge on any atom is 0.167 e. The predicted molar refractivity (Wildman–Crippen MR) is 175 cm³/mol. The monoisotopic (exact) mass is 552 g/mol. The van der Waals surface area contributed by atoms with Crippen LogP contribution >= 0.6 is 0 Å². The summed E-state index contributed by atoms with van der Waals surface area (Å²) in [6.07, 6.45) is 33.7. The van der Waals surface area contributed by atoms with Crippen LogP contribution in [0.1, 0.15) is 127 Å². The zero-order chi connectivity index (χ0) is 30.5. The van der Waals surface area contributed by atoms with E-state index in [4.69, 9.17) is 4.74 Å². The highest BCUT2D eigenvalue weighted by Gasteiger charge is 2.46. The minimum atomic E-state index is -0.945. The van der Waals surface area contributed by atoms with Gasteiger partial charge in [0.05, 0.1) is 0 Å². The van der Waals surface area contributed by atoms with Gasteiger partial charge in [0.2, 0.25) is 0 Å². The largest absolute Gasteiger partial charge is 0.357 e. The molecule has 0 aromatic rings. The molecule has 40 heavy (non-hydrogen) atoms. The number of allylic oxidation sites excluding steroid dienone is 12. The van der Waals surface area contributed by atoms with Crippen LogP contribution in [0.4, 0.5) is 0 Å². The van der Waals surface area contributed by atoms with E-state index in [1.807, 2.05) is 27.7 Å². The van der Waals surface area contributed by atoms with Crippen molar-refractivity contribution in [2.75, 3.05) is 0 Å².